The molecule has 0 saturated heterocycles. The topological polar surface area (TPSA) is 18.5 Å². The van der Waals surface area contributed by atoms with Crippen molar-refractivity contribution in [1.29, 1.82) is 0 Å². The summed E-state index contributed by atoms with van der Waals surface area (Å²) in [5.74, 6) is 0.420. The maximum Gasteiger partial charge on any atom is 0.189 e. The molecule has 0 aliphatic rings. The first-order valence-electron chi connectivity index (χ1n) is 5.88. The summed E-state index contributed by atoms with van der Waals surface area (Å²) in [5, 5.41) is 0. The minimum Gasteiger partial charge on any atom is -0.467 e. The monoisotopic (exact) mass is 280 g/mol. The molecule has 2 aromatic carbocycles. The van der Waals surface area contributed by atoms with E-state index in [2.05, 4.69) is 0 Å². The molecule has 0 aliphatic carbocycles. The van der Waals surface area contributed by atoms with Gasteiger partial charge in [-0.2, -0.15) is 0 Å². The summed E-state index contributed by atoms with van der Waals surface area (Å²) in [6.45, 7) is 0.572. The van der Waals surface area contributed by atoms with Crippen LogP contribution in [0.4, 0.5) is 4.39 Å². The number of hydrogen-bond acceptors (Lipinski definition) is 2. The normalized spacial score (nSPS) is 10.4. The third-order valence-corrected chi connectivity index (χ3v) is 2.86. The van der Waals surface area contributed by atoms with Gasteiger partial charge in [-0.15, -0.1) is 11.6 Å². The molecular weight excluding hydrogens is 267 g/mol. The highest BCUT2D eigenvalue weighted by molar-refractivity contribution is 6.17. The summed E-state index contributed by atoms with van der Waals surface area (Å²) in [6.07, 6.45) is 0. The molecule has 0 amide bonds. The third-order valence-electron chi connectivity index (χ3n) is 2.58. The van der Waals surface area contributed by atoms with Gasteiger partial charge in [-0.05, 0) is 23.8 Å². The largest absolute Gasteiger partial charge is 0.467 e. The van der Waals surface area contributed by atoms with E-state index in [-0.39, 0.29) is 18.5 Å². The molecular formula is C15H14ClFO2. The zero-order valence-corrected chi connectivity index (χ0v) is 11.1. The molecule has 2 rings (SSSR count). The van der Waals surface area contributed by atoms with E-state index in [0.717, 1.165) is 5.56 Å². The van der Waals surface area contributed by atoms with Crippen LogP contribution in [-0.4, -0.2) is 6.79 Å². The molecule has 0 aromatic heterocycles. The van der Waals surface area contributed by atoms with Crippen LogP contribution in [0, 0.1) is 5.82 Å². The number of halogens is 2. The van der Waals surface area contributed by atoms with Crippen molar-refractivity contribution in [3.8, 4) is 5.75 Å². The van der Waals surface area contributed by atoms with Crippen LogP contribution in [0.15, 0.2) is 48.5 Å². The highest BCUT2D eigenvalue weighted by Gasteiger charge is 2.04. The zero-order chi connectivity index (χ0) is 13.5. The SMILES string of the molecule is Fc1ccc(OCOCc2ccccc2)c(CCl)c1. The summed E-state index contributed by atoms with van der Waals surface area (Å²) in [6, 6.07) is 14.0. The van der Waals surface area contributed by atoms with Gasteiger partial charge >= 0.3 is 0 Å². The fraction of sp³-hybridized carbons (Fsp3) is 0.200. The lowest BCUT2D eigenvalue weighted by atomic mass is 10.2. The second-order valence-corrected chi connectivity index (χ2v) is 4.25. The standard InChI is InChI=1S/C15H14ClFO2/c16-9-13-8-14(17)6-7-15(13)19-11-18-10-12-4-2-1-3-5-12/h1-8H,9-11H2. The highest BCUT2D eigenvalue weighted by atomic mass is 35.5. The van der Waals surface area contributed by atoms with Gasteiger partial charge in [-0.3, -0.25) is 0 Å². The summed E-state index contributed by atoms with van der Waals surface area (Å²) >= 11 is 5.73. The Balaban J connectivity index is 1.83. The molecule has 19 heavy (non-hydrogen) atoms. The fourth-order valence-electron chi connectivity index (χ4n) is 1.63. The van der Waals surface area contributed by atoms with Gasteiger partial charge in [-0.1, -0.05) is 30.3 Å². The first-order chi connectivity index (χ1) is 9.29. The number of ether oxygens (including phenoxy) is 2. The predicted octanol–water partition coefficient (Wildman–Crippen LogP) is 4.12. The Morgan fingerprint density at radius 1 is 1.05 bits per heavy atom. The van der Waals surface area contributed by atoms with Crippen molar-refractivity contribution in [2.75, 3.05) is 6.79 Å². The van der Waals surface area contributed by atoms with E-state index in [0.29, 0.717) is 17.9 Å². The molecule has 100 valence electrons. The van der Waals surface area contributed by atoms with E-state index in [1.165, 1.54) is 12.1 Å². The van der Waals surface area contributed by atoms with Crippen LogP contribution in [0.5, 0.6) is 5.75 Å². The van der Waals surface area contributed by atoms with Gasteiger partial charge in [0.1, 0.15) is 11.6 Å². The first kappa shape index (κ1) is 13.8. The molecule has 0 N–H and O–H groups in total. The third kappa shape index (κ3) is 4.23. The van der Waals surface area contributed by atoms with Crippen LogP contribution in [0.25, 0.3) is 0 Å². The van der Waals surface area contributed by atoms with Crippen LogP contribution < -0.4 is 4.74 Å². The van der Waals surface area contributed by atoms with Gasteiger partial charge in [0, 0.05) is 5.56 Å². The number of benzene rings is 2. The predicted molar refractivity (Wildman–Crippen MR) is 72.7 cm³/mol. The molecule has 0 aliphatic heterocycles. The van der Waals surface area contributed by atoms with Gasteiger partial charge in [-0.25, -0.2) is 4.39 Å². The second kappa shape index (κ2) is 7.12. The van der Waals surface area contributed by atoms with E-state index < -0.39 is 0 Å². The first-order valence-corrected chi connectivity index (χ1v) is 6.42. The number of alkyl halides is 1. The molecule has 0 radical (unpaired) electrons. The second-order valence-electron chi connectivity index (χ2n) is 3.98. The molecule has 2 nitrogen and oxygen atoms in total. The lowest BCUT2D eigenvalue weighted by Crippen LogP contribution is -2.04. The average Bonchev–Trinajstić information content (AvgIpc) is 2.46. The van der Waals surface area contributed by atoms with Crippen LogP contribution >= 0.6 is 11.6 Å². The Hall–Kier alpha value is -1.58. The summed E-state index contributed by atoms with van der Waals surface area (Å²) in [7, 11) is 0. The summed E-state index contributed by atoms with van der Waals surface area (Å²) in [4.78, 5) is 0. The van der Waals surface area contributed by atoms with Crippen molar-refractivity contribution in [2.45, 2.75) is 12.5 Å². The van der Waals surface area contributed by atoms with Crippen molar-refractivity contribution in [3.05, 3.63) is 65.5 Å². The van der Waals surface area contributed by atoms with Gasteiger partial charge < -0.3 is 9.47 Å². The maximum atomic E-state index is 13.0. The lowest BCUT2D eigenvalue weighted by Gasteiger charge is -2.10. The van der Waals surface area contributed by atoms with E-state index in [4.69, 9.17) is 21.1 Å². The van der Waals surface area contributed by atoms with Crippen LogP contribution in [-0.2, 0) is 17.2 Å². The molecule has 0 unspecified atom stereocenters. The zero-order valence-electron chi connectivity index (χ0n) is 10.3. The Labute approximate surface area is 116 Å². The van der Waals surface area contributed by atoms with Gasteiger partial charge in [0.15, 0.2) is 6.79 Å². The smallest absolute Gasteiger partial charge is 0.189 e. The molecule has 0 saturated carbocycles. The van der Waals surface area contributed by atoms with E-state index in [1.54, 1.807) is 6.07 Å². The Bertz CT molecular complexity index is 517. The van der Waals surface area contributed by atoms with Crippen molar-refractivity contribution in [1.82, 2.24) is 0 Å². The van der Waals surface area contributed by atoms with Crippen LogP contribution in [0.2, 0.25) is 0 Å². The molecule has 0 spiro atoms. The molecule has 0 atom stereocenters. The van der Waals surface area contributed by atoms with Gasteiger partial charge in [0.25, 0.3) is 0 Å². The Kier molecular flexibility index (Phi) is 5.19. The minimum absolute atomic E-state index is 0.102. The highest BCUT2D eigenvalue weighted by Crippen LogP contribution is 2.21. The number of hydrogen-bond donors (Lipinski definition) is 0. The van der Waals surface area contributed by atoms with Crippen molar-refractivity contribution in [3.63, 3.8) is 0 Å². The lowest BCUT2D eigenvalue weighted by molar-refractivity contribution is 0.00460. The van der Waals surface area contributed by atoms with E-state index in [1.807, 2.05) is 30.3 Å². The van der Waals surface area contributed by atoms with Crippen LogP contribution in [0.3, 0.4) is 0 Å². The Morgan fingerprint density at radius 2 is 1.84 bits per heavy atom. The Morgan fingerprint density at radius 3 is 2.58 bits per heavy atom. The van der Waals surface area contributed by atoms with Crippen molar-refractivity contribution in [2.24, 2.45) is 0 Å². The summed E-state index contributed by atoms with van der Waals surface area (Å²) in [5.41, 5.74) is 1.69. The van der Waals surface area contributed by atoms with E-state index >= 15 is 0 Å². The average molecular weight is 281 g/mol. The quantitative estimate of drug-likeness (QED) is 0.450. The molecule has 0 bridgehead atoms. The molecule has 0 heterocycles. The van der Waals surface area contributed by atoms with Crippen molar-refractivity contribution < 1.29 is 13.9 Å². The molecule has 2 aromatic rings. The van der Waals surface area contributed by atoms with Crippen molar-refractivity contribution >= 4 is 11.6 Å². The molecule has 4 heteroatoms. The number of rotatable bonds is 6. The van der Waals surface area contributed by atoms with Crippen LogP contribution in [0.1, 0.15) is 11.1 Å². The summed E-state index contributed by atoms with van der Waals surface area (Å²) < 4.78 is 23.8. The van der Waals surface area contributed by atoms with Gasteiger partial charge in [0.2, 0.25) is 0 Å². The minimum atomic E-state index is -0.326. The maximum absolute atomic E-state index is 13.0. The molecule has 0 fully saturated rings. The van der Waals surface area contributed by atoms with E-state index in [9.17, 15) is 4.39 Å². The van der Waals surface area contributed by atoms with Gasteiger partial charge in [0.05, 0.1) is 12.5 Å². The fourth-order valence-corrected chi connectivity index (χ4v) is 1.84.